The molecule has 18 heavy (non-hydrogen) atoms. The molecule has 0 unspecified atom stereocenters. The number of halogens is 1. The van der Waals surface area contributed by atoms with Gasteiger partial charge in [-0.3, -0.25) is 4.79 Å². The van der Waals surface area contributed by atoms with Crippen molar-refractivity contribution in [3.8, 4) is 0 Å². The molecule has 0 fully saturated rings. The highest BCUT2D eigenvalue weighted by Gasteiger charge is 2.15. The molecule has 0 saturated heterocycles. The normalized spacial score (nSPS) is 10.1. The number of carbonyl (C=O) groups is 2. The van der Waals surface area contributed by atoms with Crippen molar-refractivity contribution in [2.75, 3.05) is 18.5 Å². The molecule has 1 aromatic rings. The SMILES string of the molecule is CCOCCC(=O)Nc1cccc(Cl)c1C(=O)O. The van der Waals surface area contributed by atoms with Gasteiger partial charge < -0.3 is 15.2 Å². The minimum atomic E-state index is -1.18. The number of hydrogen-bond acceptors (Lipinski definition) is 3. The Morgan fingerprint density at radius 1 is 1.44 bits per heavy atom. The van der Waals surface area contributed by atoms with Crippen LogP contribution in [0.1, 0.15) is 23.7 Å². The first kappa shape index (κ1) is 14.5. The molecule has 1 amide bonds. The first-order valence-corrected chi connectivity index (χ1v) is 5.83. The van der Waals surface area contributed by atoms with Crippen LogP contribution in [0, 0.1) is 0 Å². The maximum absolute atomic E-state index is 11.5. The lowest BCUT2D eigenvalue weighted by atomic mass is 10.1. The number of rotatable bonds is 6. The number of hydrogen-bond donors (Lipinski definition) is 2. The predicted molar refractivity (Wildman–Crippen MR) is 68.2 cm³/mol. The van der Waals surface area contributed by atoms with Crippen molar-refractivity contribution < 1.29 is 19.4 Å². The number of anilines is 1. The lowest BCUT2D eigenvalue weighted by Gasteiger charge is -2.09. The zero-order valence-corrected chi connectivity index (χ0v) is 10.7. The third kappa shape index (κ3) is 4.01. The van der Waals surface area contributed by atoms with Gasteiger partial charge in [0.15, 0.2) is 0 Å². The van der Waals surface area contributed by atoms with Crippen LogP contribution < -0.4 is 5.32 Å². The van der Waals surface area contributed by atoms with Crippen molar-refractivity contribution in [3.05, 3.63) is 28.8 Å². The van der Waals surface area contributed by atoms with E-state index in [1.165, 1.54) is 12.1 Å². The zero-order chi connectivity index (χ0) is 13.5. The van der Waals surface area contributed by atoms with Gasteiger partial charge in [-0.25, -0.2) is 4.79 Å². The molecule has 0 atom stereocenters. The highest BCUT2D eigenvalue weighted by Crippen LogP contribution is 2.24. The topological polar surface area (TPSA) is 75.6 Å². The number of ether oxygens (including phenoxy) is 1. The van der Waals surface area contributed by atoms with E-state index in [-0.39, 0.29) is 28.6 Å². The van der Waals surface area contributed by atoms with Gasteiger partial charge in [0.05, 0.1) is 23.7 Å². The van der Waals surface area contributed by atoms with E-state index in [2.05, 4.69) is 5.32 Å². The average molecular weight is 272 g/mol. The lowest BCUT2D eigenvalue weighted by Crippen LogP contribution is -2.16. The molecule has 5 nitrogen and oxygen atoms in total. The molecule has 0 saturated carbocycles. The highest BCUT2D eigenvalue weighted by molar-refractivity contribution is 6.34. The summed E-state index contributed by atoms with van der Waals surface area (Å²) in [6.45, 7) is 2.66. The fourth-order valence-electron chi connectivity index (χ4n) is 1.37. The number of carboxylic acids is 1. The quantitative estimate of drug-likeness (QED) is 0.779. The van der Waals surface area contributed by atoms with Crippen molar-refractivity contribution in [2.24, 2.45) is 0 Å². The molecular weight excluding hydrogens is 258 g/mol. The van der Waals surface area contributed by atoms with Gasteiger partial charge in [0, 0.05) is 6.61 Å². The smallest absolute Gasteiger partial charge is 0.339 e. The Morgan fingerprint density at radius 3 is 2.78 bits per heavy atom. The predicted octanol–water partition coefficient (Wildman–Crippen LogP) is 2.40. The molecule has 0 radical (unpaired) electrons. The van der Waals surface area contributed by atoms with Crippen LogP contribution in [0.15, 0.2) is 18.2 Å². The molecule has 1 rings (SSSR count). The number of nitrogens with one attached hydrogen (secondary N) is 1. The van der Waals surface area contributed by atoms with Crippen LogP contribution >= 0.6 is 11.6 Å². The summed E-state index contributed by atoms with van der Waals surface area (Å²) in [5.74, 6) is -1.49. The average Bonchev–Trinajstić information content (AvgIpc) is 2.28. The van der Waals surface area contributed by atoms with E-state index < -0.39 is 5.97 Å². The van der Waals surface area contributed by atoms with Gasteiger partial charge in [-0.05, 0) is 19.1 Å². The van der Waals surface area contributed by atoms with Crippen LogP contribution in [0.3, 0.4) is 0 Å². The van der Waals surface area contributed by atoms with Crippen molar-refractivity contribution in [1.82, 2.24) is 0 Å². The van der Waals surface area contributed by atoms with Crippen LogP contribution in [0.5, 0.6) is 0 Å². The molecule has 0 aliphatic rings. The Labute approximate surface area is 110 Å². The Bertz CT molecular complexity index is 448. The molecule has 0 aliphatic carbocycles. The van der Waals surface area contributed by atoms with E-state index in [9.17, 15) is 9.59 Å². The molecule has 98 valence electrons. The molecule has 6 heteroatoms. The molecule has 0 heterocycles. The van der Waals surface area contributed by atoms with E-state index in [0.717, 1.165) is 0 Å². The molecule has 0 aromatic heterocycles. The molecule has 1 aromatic carbocycles. The van der Waals surface area contributed by atoms with Gasteiger partial charge in [0.1, 0.15) is 5.56 Å². The Morgan fingerprint density at radius 2 is 2.17 bits per heavy atom. The van der Waals surface area contributed by atoms with Crippen LogP contribution in [-0.2, 0) is 9.53 Å². The Balaban J connectivity index is 2.75. The maximum Gasteiger partial charge on any atom is 0.339 e. The van der Waals surface area contributed by atoms with Gasteiger partial charge >= 0.3 is 5.97 Å². The number of carboxylic acid groups (broad SMARTS) is 1. The van der Waals surface area contributed by atoms with Gasteiger partial charge in [0.2, 0.25) is 5.91 Å². The summed E-state index contributed by atoms with van der Waals surface area (Å²) >= 11 is 5.78. The maximum atomic E-state index is 11.5. The summed E-state index contributed by atoms with van der Waals surface area (Å²) in [5, 5.41) is 11.6. The number of benzene rings is 1. The first-order chi connectivity index (χ1) is 8.56. The zero-order valence-electron chi connectivity index (χ0n) is 9.90. The highest BCUT2D eigenvalue weighted by atomic mass is 35.5. The second-order valence-corrected chi connectivity index (χ2v) is 3.87. The van der Waals surface area contributed by atoms with Crippen LogP contribution in [0.25, 0.3) is 0 Å². The Hall–Kier alpha value is -1.59. The molecule has 0 bridgehead atoms. The van der Waals surface area contributed by atoms with E-state index in [0.29, 0.717) is 13.2 Å². The molecule has 0 spiro atoms. The van der Waals surface area contributed by atoms with Crippen LogP contribution in [-0.4, -0.2) is 30.2 Å². The van der Waals surface area contributed by atoms with Gasteiger partial charge in [-0.2, -0.15) is 0 Å². The van der Waals surface area contributed by atoms with E-state index in [4.69, 9.17) is 21.4 Å². The summed E-state index contributed by atoms with van der Waals surface area (Å²) in [5.41, 5.74) is 0.0837. The minimum absolute atomic E-state index is 0.0881. The largest absolute Gasteiger partial charge is 0.478 e. The standard InChI is InChI=1S/C12H14ClNO4/c1-2-18-7-6-10(15)14-9-5-3-4-8(13)11(9)12(16)17/h3-5H,2,6-7H2,1H3,(H,14,15)(H,16,17). The number of carbonyl (C=O) groups excluding carboxylic acids is 1. The minimum Gasteiger partial charge on any atom is -0.478 e. The fraction of sp³-hybridized carbons (Fsp3) is 0.333. The number of amides is 1. The fourth-order valence-corrected chi connectivity index (χ4v) is 1.62. The molecule has 0 aliphatic heterocycles. The summed E-state index contributed by atoms with van der Waals surface area (Å²) in [6, 6.07) is 4.53. The van der Waals surface area contributed by atoms with E-state index in [1.807, 2.05) is 6.92 Å². The second kappa shape index (κ2) is 6.98. The van der Waals surface area contributed by atoms with Gasteiger partial charge in [0.25, 0.3) is 0 Å². The summed E-state index contributed by atoms with van der Waals surface area (Å²) in [7, 11) is 0. The van der Waals surface area contributed by atoms with Crippen molar-refractivity contribution in [2.45, 2.75) is 13.3 Å². The van der Waals surface area contributed by atoms with Crippen LogP contribution in [0.2, 0.25) is 5.02 Å². The van der Waals surface area contributed by atoms with Crippen molar-refractivity contribution in [3.63, 3.8) is 0 Å². The number of aromatic carboxylic acids is 1. The van der Waals surface area contributed by atoms with E-state index >= 15 is 0 Å². The first-order valence-electron chi connectivity index (χ1n) is 5.45. The summed E-state index contributed by atoms with van der Waals surface area (Å²) in [4.78, 5) is 22.6. The second-order valence-electron chi connectivity index (χ2n) is 3.46. The molecular formula is C12H14ClNO4. The van der Waals surface area contributed by atoms with Crippen LogP contribution in [0.4, 0.5) is 5.69 Å². The van der Waals surface area contributed by atoms with Gasteiger partial charge in [-0.15, -0.1) is 0 Å². The lowest BCUT2D eigenvalue weighted by molar-refractivity contribution is -0.117. The van der Waals surface area contributed by atoms with Crippen molar-refractivity contribution >= 4 is 29.2 Å². The summed E-state index contributed by atoms with van der Waals surface area (Å²) in [6.07, 6.45) is 0.166. The third-order valence-corrected chi connectivity index (χ3v) is 2.49. The van der Waals surface area contributed by atoms with Crippen molar-refractivity contribution in [1.29, 1.82) is 0 Å². The molecule has 2 N–H and O–H groups in total. The Kier molecular flexibility index (Phi) is 5.61. The van der Waals surface area contributed by atoms with E-state index in [1.54, 1.807) is 6.07 Å². The monoisotopic (exact) mass is 271 g/mol. The summed E-state index contributed by atoms with van der Waals surface area (Å²) < 4.78 is 5.04. The van der Waals surface area contributed by atoms with Gasteiger partial charge in [-0.1, -0.05) is 17.7 Å². The third-order valence-electron chi connectivity index (χ3n) is 2.18.